The molecule has 1 amide bonds. The summed E-state index contributed by atoms with van der Waals surface area (Å²) in [6.45, 7) is 6.17. The minimum atomic E-state index is -0.865. The fourth-order valence-corrected chi connectivity index (χ4v) is 3.29. The lowest BCUT2D eigenvalue weighted by Gasteiger charge is -2.18. The van der Waals surface area contributed by atoms with Gasteiger partial charge in [-0.05, 0) is 54.4 Å². The molecule has 0 aromatic heterocycles. The van der Waals surface area contributed by atoms with Crippen LogP contribution in [0.5, 0.6) is 0 Å². The van der Waals surface area contributed by atoms with Crippen molar-refractivity contribution in [2.75, 3.05) is 5.32 Å². The molecular weight excluding hydrogens is 350 g/mol. The second-order valence-electron chi connectivity index (χ2n) is 8.47. The third-order valence-electron chi connectivity index (χ3n) is 4.62. The molecule has 2 rings (SSSR count). The van der Waals surface area contributed by atoms with Gasteiger partial charge in [-0.25, -0.2) is 4.79 Å². The third kappa shape index (κ3) is 7.18. The van der Waals surface area contributed by atoms with Gasteiger partial charge in [-0.2, -0.15) is 0 Å². The molecule has 0 bridgehead atoms. The fraction of sp³-hybridized carbons (Fsp3) is 0.417. The number of unbranched alkanes of at least 4 members (excludes halogenated alkanes) is 2. The van der Waals surface area contributed by atoms with Crippen molar-refractivity contribution in [2.45, 2.75) is 59.3 Å². The maximum Gasteiger partial charge on any atom is 0.335 e. The number of para-hydroxylation sites is 1. The van der Waals surface area contributed by atoms with Crippen LogP contribution in [0.15, 0.2) is 48.5 Å². The van der Waals surface area contributed by atoms with Crippen LogP contribution in [0.1, 0.15) is 67.9 Å². The number of carboxylic acids is 1. The first-order valence-electron chi connectivity index (χ1n) is 9.95. The standard InChI is InChI=1S/C24H31NO3/c1-24(2,3)17-22(26)25-21-16-10-8-14-19(21)13-6-4-5-11-18-12-7-9-15-20(18)23(27)28/h7-10,12,14-16H,4-6,11,13,17H2,1-3H3,(H,25,26)(H,27,28). The molecule has 0 fully saturated rings. The number of aromatic carboxylic acids is 1. The number of benzene rings is 2. The lowest BCUT2D eigenvalue weighted by Crippen LogP contribution is -2.20. The molecule has 2 aromatic carbocycles. The van der Waals surface area contributed by atoms with Crippen LogP contribution in [-0.2, 0) is 17.6 Å². The minimum Gasteiger partial charge on any atom is -0.478 e. The van der Waals surface area contributed by atoms with E-state index in [9.17, 15) is 14.7 Å². The Morgan fingerprint density at radius 1 is 0.857 bits per heavy atom. The van der Waals surface area contributed by atoms with Crippen LogP contribution in [0.2, 0.25) is 0 Å². The van der Waals surface area contributed by atoms with Gasteiger partial charge in [0.05, 0.1) is 5.56 Å². The molecule has 4 heteroatoms. The van der Waals surface area contributed by atoms with E-state index in [1.807, 2.05) is 30.3 Å². The topological polar surface area (TPSA) is 66.4 Å². The van der Waals surface area contributed by atoms with Gasteiger partial charge in [-0.15, -0.1) is 0 Å². The van der Waals surface area contributed by atoms with E-state index >= 15 is 0 Å². The molecule has 0 saturated carbocycles. The smallest absolute Gasteiger partial charge is 0.335 e. The molecule has 0 heterocycles. The Kier molecular flexibility index (Phi) is 7.80. The molecule has 150 valence electrons. The third-order valence-corrected chi connectivity index (χ3v) is 4.62. The van der Waals surface area contributed by atoms with Crippen molar-refractivity contribution in [2.24, 2.45) is 5.41 Å². The van der Waals surface area contributed by atoms with E-state index in [0.29, 0.717) is 12.0 Å². The number of anilines is 1. The number of aryl methyl sites for hydroxylation is 2. The predicted molar refractivity (Wildman–Crippen MR) is 114 cm³/mol. The molecule has 0 spiro atoms. The molecule has 0 atom stereocenters. The highest BCUT2D eigenvalue weighted by Gasteiger charge is 2.16. The van der Waals surface area contributed by atoms with Crippen molar-refractivity contribution in [3.8, 4) is 0 Å². The summed E-state index contributed by atoms with van der Waals surface area (Å²) >= 11 is 0. The first-order valence-corrected chi connectivity index (χ1v) is 9.95. The average molecular weight is 382 g/mol. The summed E-state index contributed by atoms with van der Waals surface area (Å²) in [5.41, 5.74) is 3.30. The van der Waals surface area contributed by atoms with Gasteiger partial charge in [0, 0.05) is 12.1 Å². The van der Waals surface area contributed by atoms with Crippen LogP contribution in [0, 0.1) is 5.41 Å². The number of hydrogen-bond donors (Lipinski definition) is 2. The molecule has 0 aliphatic heterocycles. The number of amides is 1. The Morgan fingerprint density at radius 3 is 2.07 bits per heavy atom. The summed E-state index contributed by atoms with van der Waals surface area (Å²) in [5.74, 6) is -0.819. The monoisotopic (exact) mass is 381 g/mol. The molecule has 2 aromatic rings. The second-order valence-corrected chi connectivity index (χ2v) is 8.47. The number of hydrogen-bond acceptors (Lipinski definition) is 2. The van der Waals surface area contributed by atoms with E-state index < -0.39 is 5.97 Å². The molecule has 4 nitrogen and oxygen atoms in total. The van der Waals surface area contributed by atoms with Crippen LogP contribution in [0.4, 0.5) is 5.69 Å². The van der Waals surface area contributed by atoms with Crippen molar-refractivity contribution >= 4 is 17.6 Å². The first-order chi connectivity index (χ1) is 13.3. The van der Waals surface area contributed by atoms with Crippen LogP contribution in [-0.4, -0.2) is 17.0 Å². The molecule has 2 N–H and O–H groups in total. The van der Waals surface area contributed by atoms with Crippen molar-refractivity contribution in [1.82, 2.24) is 0 Å². The van der Waals surface area contributed by atoms with E-state index in [4.69, 9.17) is 0 Å². The van der Waals surface area contributed by atoms with Crippen molar-refractivity contribution in [3.63, 3.8) is 0 Å². The SMILES string of the molecule is CC(C)(C)CC(=O)Nc1ccccc1CCCCCc1ccccc1C(=O)O. The number of carbonyl (C=O) groups excluding carboxylic acids is 1. The van der Waals surface area contributed by atoms with E-state index in [0.717, 1.165) is 48.9 Å². The molecule has 0 unspecified atom stereocenters. The molecule has 0 aliphatic rings. The van der Waals surface area contributed by atoms with Crippen molar-refractivity contribution < 1.29 is 14.7 Å². The van der Waals surface area contributed by atoms with E-state index in [-0.39, 0.29) is 11.3 Å². The van der Waals surface area contributed by atoms with E-state index in [2.05, 4.69) is 32.2 Å². The fourth-order valence-electron chi connectivity index (χ4n) is 3.29. The maximum absolute atomic E-state index is 12.2. The lowest BCUT2D eigenvalue weighted by molar-refractivity contribution is -0.117. The average Bonchev–Trinajstić information content (AvgIpc) is 2.61. The molecule has 0 aliphatic carbocycles. The Morgan fingerprint density at radius 2 is 1.43 bits per heavy atom. The quantitative estimate of drug-likeness (QED) is 0.546. The summed E-state index contributed by atoms with van der Waals surface area (Å²) in [7, 11) is 0. The predicted octanol–water partition coefficient (Wildman–Crippen LogP) is 5.72. The van der Waals surface area contributed by atoms with Crippen LogP contribution in [0.3, 0.4) is 0 Å². The highest BCUT2D eigenvalue weighted by molar-refractivity contribution is 5.92. The molecule has 0 saturated heterocycles. The molecule has 0 radical (unpaired) electrons. The molecular formula is C24H31NO3. The zero-order chi connectivity index (χ0) is 20.6. The Hall–Kier alpha value is -2.62. The van der Waals surface area contributed by atoms with Gasteiger partial charge in [0.2, 0.25) is 5.91 Å². The summed E-state index contributed by atoms with van der Waals surface area (Å²) in [6.07, 6.45) is 5.12. The number of rotatable bonds is 9. The summed E-state index contributed by atoms with van der Waals surface area (Å²) in [6, 6.07) is 15.2. The number of nitrogens with one attached hydrogen (secondary N) is 1. The van der Waals surface area contributed by atoms with Crippen LogP contribution in [0.25, 0.3) is 0 Å². The zero-order valence-corrected chi connectivity index (χ0v) is 17.1. The summed E-state index contributed by atoms with van der Waals surface area (Å²) in [5, 5.41) is 12.3. The van der Waals surface area contributed by atoms with E-state index in [1.54, 1.807) is 12.1 Å². The largest absolute Gasteiger partial charge is 0.478 e. The van der Waals surface area contributed by atoms with Gasteiger partial charge in [-0.3, -0.25) is 4.79 Å². The van der Waals surface area contributed by atoms with Gasteiger partial charge in [0.15, 0.2) is 0 Å². The van der Waals surface area contributed by atoms with Gasteiger partial charge in [0.1, 0.15) is 0 Å². The van der Waals surface area contributed by atoms with Gasteiger partial charge < -0.3 is 10.4 Å². The van der Waals surface area contributed by atoms with Crippen molar-refractivity contribution in [3.05, 3.63) is 65.2 Å². The van der Waals surface area contributed by atoms with Gasteiger partial charge in [0.25, 0.3) is 0 Å². The summed E-state index contributed by atoms with van der Waals surface area (Å²) in [4.78, 5) is 23.5. The lowest BCUT2D eigenvalue weighted by atomic mass is 9.92. The second kappa shape index (κ2) is 10.1. The Labute approximate surface area is 168 Å². The van der Waals surface area contributed by atoms with Gasteiger partial charge >= 0.3 is 5.97 Å². The maximum atomic E-state index is 12.2. The van der Waals surface area contributed by atoms with Crippen LogP contribution < -0.4 is 5.32 Å². The number of carbonyl (C=O) groups is 2. The Balaban J connectivity index is 1.84. The summed E-state index contributed by atoms with van der Waals surface area (Å²) < 4.78 is 0. The highest BCUT2D eigenvalue weighted by atomic mass is 16.4. The first kappa shape index (κ1) is 21.7. The van der Waals surface area contributed by atoms with Gasteiger partial charge in [-0.1, -0.05) is 63.6 Å². The minimum absolute atomic E-state index is 0.0364. The molecule has 28 heavy (non-hydrogen) atoms. The normalized spacial score (nSPS) is 11.2. The van der Waals surface area contributed by atoms with E-state index in [1.165, 1.54) is 0 Å². The highest BCUT2D eigenvalue weighted by Crippen LogP contribution is 2.22. The Bertz CT molecular complexity index is 805. The number of carboxylic acid groups (broad SMARTS) is 1. The van der Waals surface area contributed by atoms with Crippen molar-refractivity contribution in [1.29, 1.82) is 0 Å². The van der Waals surface area contributed by atoms with Crippen LogP contribution >= 0.6 is 0 Å². The zero-order valence-electron chi connectivity index (χ0n) is 17.1.